The lowest BCUT2D eigenvalue weighted by molar-refractivity contribution is -0.131. The van der Waals surface area contributed by atoms with Crippen LogP contribution in [0, 0.1) is 0 Å². The van der Waals surface area contributed by atoms with Gasteiger partial charge in [-0.15, -0.1) is 22.7 Å². The van der Waals surface area contributed by atoms with E-state index in [1.165, 1.54) is 16.2 Å². The van der Waals surface area contributed by atoms with E-state index in [9.17, 15) is 14.4 Å². The maximum Gasteiger partial charge on any atom is 0.407 e. The highest BCUT2D eigenvalue weighted by atomic mass is 32.1. The second-order valence-corrected chi connectivity index (χ2v) is 13.9. The van der Waals surface area contributed by atoms with Gasteiger partial charge < -0.3 is 30.3 Å². The van der Waals surface area contributed by atoms with Crippen LogP contribution in [-0.2, 0) is 27.4 Å². The van der Waals surface area contributed by atoms with E-state index in [0.717, 1.165) is 22.0 Å². The highest BCUT2D eigenvalue weighted by molar-refractivity contribution is 7.09. The maximum atomic E-state index is 13.6. The number of urea groups is 1. The zero-order valence-corrected chi connectivity index (χ0v) is 28.7. The highest BCUT2D eigenvalue weighted by Crippen LogP contribution is 2.20. The molecule has 13 heteroatoms. The largest absolute Gasteiger partial charge is 0.444 e. The Balaban J connectivity index is 1.99. The molecule has 0 spiro atoms. The number of ether oxygens (including phenoxy) is 2. The van der Waals surface area contributed by atoms with E-state index in [1.54, 1.807) is 37.0 Å². The van der Waals surface area contributed by atoms with Crippen LogP contribution in [0.4, 0.5) is 9.59 Å². The van der Waals surface area contributed by atoms with Crippen molar-refractivity contribution in [2.24, 2.45) is 0 Å². The van der Waals surface area contributed by atoms with Gasteiger partial charge in [-0.1, -0.05) is 27.7 Å². The molecule has 0 saturated heterocycles. The summed E-state index contributed by atoms with van der Waals surface area (Å²) in [7, 11) is 1.68. The Morgan fingerprint density at radius 2 is 1.65 bits per heavy atom. The third-order valence-corrected chi connectivity index (χ3v) is 8.67. The maximum absolute atomic E-state index is 13.6. The number of nitrogens with zero attached hydrogens (tertiary/aromatic N) is 3. The number of thiazole rings is 2. The van der Waals surface area contributed by atoms with Crippen molar-refractivity contribution in [2.75, 3.05) is 7.05 Å². The third-order valence-electron chi connectivity index (χ3n) is 6.73. The van der Waals surface area contributed by atoms with Gasteiger partial charge in [-0.3, -0.25) is 9.78 Å². The summed E-state index contributed by atoms with van der Waals surface area (Å²) in [5.74, 6) is 0.00493. The number of aromatic nitrogens is 2. The molecule has 43 heavy (non-hydrogen) atoms. The monoisotopic (exact) mass is 638 g/mol. The Morgan fingerprint density at radius 1 is 1.00 bits per heavy atom. The molecule has 2 rings (SSSR count). The van der Waals surface area contributed by atoms with Crippen LogP contribution in [-0.4, -0.2) is 69.8 Å². The minimum atomic E-state index is -0.910. The number of alkyl carbamates (subject to hydrolysis) is 1. The Bertz CT molecular complexity index is 1130. The van der Waals surface area contributed by atoms with Gasteiger partial charge in [0.1, 0.15) is 12.6 Å². The van der Waals surface area contributed by atoms with Gasteiger partial charge in [0.05, 0.1) is 39.3 Å². The lowest BCUT2D eigenvalue weighted by atomic mass is 10.0. The predicted molar refractivity (Wildman–Crippen MR) is 171 cm³/mol. The van der Waals surface area contributed by atoms with Crippen LogP contribution >= 0.6 is 22.7 Å². The molecule has 2 aromatic rings. The van der Waals surface area contributed by atoms with Crippen molar-refractivity contribution >= 4 is 40.7 Å². The summed E-state index contributed by atoms with van der Waals surface area (Å²) >= 11 is 3.01. The molecule has 0 fully saturated rings. The summed E-state index contributed by atoms with van der Waals surface area (Å²) < 4.78 is 11.4. The molecule has 0 saturated carbocycles. The molecule has 0 aliphatic rings. The van der Waals surface area contributed by atoms with Gasteiger partial charge in [0, 0.05) is 36.6 Å². The Morgan fingerprint density at radius 3 is 2.19 bits per heavy atom. The number of amides is 4. The van der Waals surface area contributed by atoms with Gasteiger partial charge in [-0.25, -0.2) is 14.6 Å². The molecule has 4 atom stereocenters. The van der Waals surface area contributed by atoms with Gasteiger partial charge in [0.2, 0.25) is 5.91 Å². The zero-order chi connectivity index (χ0) is 32.2. The molecule has 4 amide bonds. The summed E-state index contributed by atoms with van der Waals surface area (Å²) in [6.45, 7) is 16.2. The first kappa shape index (κ1) is 36.4. The Labute approximate surface area is 264 Å². The molecule has 0 radical (unpaired) electrons. The van der Waals surface area contributed by atoms with Crippen molar-refractivity contribution < 1.29 is 23.9 Å². The lowest BCUT2D eigenvalue weighted by Gasteiger charge is -2.32. The fourth-order valence-corrected chi connectivity index (χ4v) is 5.68. The minimum absolute atomic E-state index is 0.103. The fourth-order valence-electron chi connectivity index (χ4n) is 4.35. The van der Waals surface area contributed by atoms with Crippen LogP contribution in [0.5, 0.6) is 0 Å². The first-order valence-electron chi connectivity index (χ1n) is 15.0. The predicted octanol–water partition coefficient (Wildman–Crippen LogP) is 5.82. The first-order chi connectivity index (χ1) is 20.2. The van der Waals surface area contributed by atoms with E-state index in [1.807, 2.05) is 40.0 Å². The van der Waals surface area contributed by atoms with Gasteiger partial charge in [0.15, 0.2) is 0 Å². The first-order valence-corrected chi connectivity index (χ1v) is 16.7. The number of nitrogens with one attached hydrogen (secondary N) is 3. The second kappa shape index (κ2) is 17.5. The van der Waals surface area contributed by atoms with Gasteiger partial charge in [0.25, 0.3) is 0 Å². The fraction of sp³-hybridized carbons (Fsp3) is 0.700. The van der Waals surface area contributed by atoms with E-state index in [4.69, 9.17) is 9.47 Å². The molecular weight excluding hydrogens is 589 g/mol. The Kier molecular flexibility index (Phi) is 14.8. The summed E-state index contributed by atoms with van der Waals surface area (Å²) in [5, 5.41) is 11.9. The van der Waals surface area contributed by atoms with Crippen molar-refractivity contribution in [3.8, 4) is 0 Å². The van der Waals surface area contributed by atoms with Crippen LogP contribution in [0.15, 0.2) is 17.1 Å². The average molecular weight is 639 g/mol. The normalized spacial score (nSPS) is 14.5. The highest BCUT2D eigenvalue weighted by Gasteiger charge is 2.32. The average Bonchev–Trinajstić information content (AvgIpc) is 3.63. The van der Waals surface area contributed by atoms with E-state index >= 15 is 0 Å². The molecular formula is C30H50N6O5S2. The molecule has 1 unspecified atom stereocenters. The molecule has 0 aliphatic heterocycles. The number of hydrogen-bond acceptors (Lipinski definition) is 9. The van der Waals surface area contributed by atoms with Crippen LogP contribution in [0.3, 0.4) is 0 Å². The second-order valence-electron chi connectivity index (χ2n) is 12.0. The summed E-state index contributed by atoms with van der Waals surface area (Å²) in [4.78, 5) is 50.1. The van der Waals surface area contributed by atoms with Crippen LogP contribution in [0.25, 0.3) is 0 Å². The van der Waals surface area contributed by atoms with Crippen molar-refractivity contribution in [3.05, 3.63) is 32.7 Å². The molecule has 0 aliphatic carbocycles. The number of rotatable bonds is 16. The number of hydrogen-bond donors (Lipinski definition) is 3. The topological polar surface area (TPSA) is 135 Å². The lowest BCUT2D eigenvalue weighted by Crippen LogP contribution is -2.57. The number of carbonyl (C=O) groups is 3. The number of carbonyl (C=O) groups excluding carboxylic acids is 3. The van der Waals surface area contributed by atoms with E-state index in [0.29, 0.717) is 31.7 Å². The molecule has 2 aromatic heterocycles. The van der Waals surface area contributed by atoms with Crippen molar-refractivity contribution in [1.82, 2.24) is 30.8 Å². The van der Waals surface area contributed by atoms with Gasteiger partial charge in [-0.2, -0.15) is 0 Å². The molecule has 11 nitrogen and oxygen atoms in total. The van der Waals surface area contributed by atoms with E-state index in [2.05, 4.69) is 39.8 Å². The van der Waals surface area contributed by atoms with Gasteiger partial charge >= 0.3 is 12.1 Å². The SMILES string of the molecule is CC[C@@H](CC[C@H](CC)NC(=O)[C@@H](NC(=O)N(C)Cc1csc(C(C)C)n1)C(C)OC(C)(C)C)NC(=O)OCc1cncs1. The van der Waals surface area contributed by atoms with Crippen LogP contribution in [0.1, 0.15) is 103 Å². The zero-order valence-electron chi connectivity index (χ0n) is 27.1. The van der Waals surface area contributed by atoms with E-state index in [-0.39, 0.29) is 30.6 Å². The van der Waals surface area contributed by atoms with Crippen LogP contribution < -0.4 is 16.0 Å². The standard InChI is InChI=1S/C30H50N6O5S2/c1-10-21(12-13-22(11-2)34-29(39)40-16-24-14-31-18-43-24)32-26(37)25(20(5)41-30(6,7)8)35-28(38)36(9)15-23-17-42-27(33-23)19(3)4/h14,17-22,25H,10-13,15-16H2,1-9H3,(H,32,37)(H,34,39)(H,35,38)/t20?,21-,22-,25-/m0/s1. The summed E-state index contributed by atoms with van der Waals surface area (Å²) in [6.07, 6.45) is 3.33. The summed E-state index contributed by atoms with van der Waals surface area (Å²) in [5.41, 5.74) is 1.99. The van der Waals surface area contributed by atoms with Gasteiger partial charge in [-0.05, 0) is 53.4 Å². The van der Waals surface area contributed by atoms with Crippen molar-refractivity contribution in [1.29, 1.82) is 0 Å². The summed E-state index contributed by atoms with van der Waals surface area (Å²) in [6, 6.07) is -1.55. The molecule has 3 N–H and O–H groups in total. The third kappa shape index (κ3) is 13.2. The minimum Gasteiger partial charge on any atom is -0.444 e. The Hall–Kier alpha value is -2.77. The quantitative estimate of drug-likeness (QED) is 0.211. The molecule has 242 valence electrons. The van der Waals surface area contributed by atoms with Crippen LogP contribution in [0.2, 0.25) is 0 Å². The molecule has 0 aromatic carbocycles. The smallest absolute Gasteiger partial charge is 0.407 e. The molecule has 0 bridgehead atoms. The van der Waals surface area contributed by atoms with Crippen molar-refractivity contribution in [3.63, 3.8) is 0 Å². The van der Waals surface area contributed by atoms with E-state index < -0.39 is 23.8 Å². The molecule has 2 heterocycles. The van der Waals surface area contributed by atoms with Crippen molar-refractivity contribution in [2.45, 2.75) is 130 Å².